The van der Waals surface area contributed by atoms with Crippen LogP contribution in [0.25, 0.3) is 21.9 Å². The van der Waals surface area contributed by atoms with Gasteiger partial charge in [-0.3, -0.25) is 4.98 Å². The summed E-state index contributed by atoms with van der Waals surface area (Å²) in [6, 6.07) is 5.73. The van der Waals surface area contributed by atoms with Crippen LogP contribution in [0, 0.1) is 0 Å². The number of hydrogen-bond donors (Lipinski definition) is 2. The van der Waals surface area contributed by atoms with E-state index in [1.807, 2.05) is 18.2 Å². The fourth-order valence-electron chi connectivity index (χ4n) is 1.64. The third-order valence-electron chi connectivity index (χ3n) is 2.31. The summed E-state index contributed by atoms with van der Waals surface area (Å²) < 4.78 is 0. The monoisotopic (exact) mass is 202 g/mol. The lowest BCUT2D eigenvalue weighted by atomic mass is 10.2. The fraction of sp³-hybridized carbons (Fsp3) is 0. The van der Waals surface area contributed by atoms with E-state index in [0.717, 1.165) is 21.9 Å². The summed E-state index contributed by atoms with van der Waals surface area (Å²) in [5.41, 5.74) is 9.17. The van der Waals surface area contributed by atoms with E-state index in [1.165, 1.54) is 0 Å². The number of nitrogens with zero attached hydrogens (tertiary/aromatic N) is 2. The minimum Gasteiger partial charge on any atom is -0.412 e. The summed E-state index contributed by atoms with van der Waals surface area (Å²) in [5, 5.41) is 0.990. The molecule has 5 nitrogen and oxygen atoms in total. The van der Waals surface area contributed by atoms with Crippen molar-refractivity contribution in [2.24, 2.45) is 0 Å². The molecule has 1 aromatic carbocycles. The third kappa shape index (κ3) is 1.21. The number of pyridine rings is 1. The highest BCUT2D eigenvalue weighted by Crippen LogP contribution is 2.24. The van der Waals surface area contributed by atoms with Crippen LogP contribution < -0.4 is 5.73 Å². The molecule has 0 amide bonds. The number of nitrogen functional groups attached to an aromatic ring is 1. The Morgan fingerprint density at radius 3 is 2.87 bits per heavy atom. The molecule has 0 fully saturated rings. The molecule has 3 rings (SSSR count). The maximum atomic E-state index is 5.82. The largest absolute Gasteiger partial charge is 0.412 e. The van der Waals surface area contributed by atoms with Gasteiger partial charge in [0.25, 0.3) is 0 Å². The van der Waals surface area contributed by atoms with Crippen molar-refractivity contribution in [2.75, 3.05) is 5.73 Å². The number of aromatic nitrogens is 3. The smallest absolute Gasteiger partial charge is 0.0993 e. The van der Waals surface area contributed by atoms with Crippen LogP contribution in [0.1, 0.15) is 0 Å². The summed E-state index contributed by atoms with van der Waals surface area (Å²) in [5.74, 6) is 0. The molecule has 15 heavy (non-hydrogen) atoms. The van der Waals surface area contributed by atoms with Crippen LogP contribution in [0.15, 0.2) is 30.7 Å². The van der Waals surface area contributed by atoms with Gasteiger partial charge in [-0.25, -0.2) is 4.98 Å². The van der Waals surface area contributed by atoms with Crippen LogP contribution >= 0.6 is 0 Å². The van der Waals surface area contributed by atoms with Crippen LogP contribution in [0.2, 0.25) is 0 Å². The van der Waals surface area contributed by atoms with Gasteiger partial charge in [-0.1, -0.05) is 12.1 Å². The van der Waals surface area contributed by atoms with E-state index < -0.39 is 0 Å². The number of benzene rings is 1. The van der Waals surface area contributed by atoms with E-state index in [9.17, 15) is 0 Å². The summed E-state index contributed by atoms with van der Waals surface area (Å²) in [4.78, 5) is 11.5. The van der Waals surface area contributed by atoms with Crippen molar-refractivity contribution >= 4 is 27.6 Å². The second-order valence-corrected chi connectivity index (χ2v) is 3.17. The highest BCUT2D eigenvalue weighted by Gasteiger charge is 2.04. The average molecular weight is 202 g/mol. The Kier molecular flexibility index (Phi) is 2.02. The third-order valence-corrected chi connectivity index (χ3v) is 2.31. The number of imidazole rings is 1. The number of anilines is 1. The molecule has 0 aliphatic heterocycles. The van der Waals surface area contributed by atoms with Gasteiger partial charge in [0.05, 0.1) is 34.8 Å². The first-order chi connectivity index (χ1) is 6.86. The fourth-order valence-corrected chi connectivity index (χ4v) is 1.64. The summed E-state index contributed by atoms with van der Waals surface area (Å²) >= 11 is 0. The summed E-state index contributed by atoms with van der Waals surface area (Å²) in [6.07, 6.45) is 3.41. The molecule has 0 aliphatic rings. The minimum atomic E-state index is 0. The lowest BCUT2D eigenvalue weighted by Gasteiger charge is -2.00. The Morgan fingerprint density at radius 1 is 1.13 bits per heavy atom. The summed E-state index contributed by atoms with van der Waals surface area (Å²) in [6.45, 7) is 0. The van der Waals surface area contributed by atoms with Crippen LogP contribution in [0.5, 0.6) is 0 Å². The van der Waals surface area contributed by atoms with E-state index in [0.29, 0.717) is 5.69 Å². The van der Waals surface area contributed by atoms with Crippen molar-refractivity contribution in [1.29, 1.82) is 0 Å². The molecule has 5 heteroatoms. The first-order valence-electron chi connectivity index (χ1n) is 4.32. The van der Waals surface area contributed by atoms with Crippen LogP contribution in [0.3, 0.4) is 0 Å². The number of fused-ring (bicyclic) bond motifs is 3. The minimum absolute atomic E-state index is 0. The van der Waals surface area contributed by atoms with Crippen molar-refractivity contribution in [3.8, 4) is 0 Å². The molecule has 0 aliphatic carbocycles. The van der Waals surface area contributed by atoms with Crippen molar-refractivity contribution in [2.45, 2.75) is 0 Å². The maximum Gasteiger partial charge on any atom is 0.0993 e. The zero-order valence-electron chi connectivity index (χ0n) is 7.86. The number of para-hydroxylation sites is 1. The van der Waals surface area contributed by atoms with Gasteiger partial charge >= 0.3 is 0 Å². The average Bonchev–Trinajstić information content (AvgIpc) is 2.66. The number of aromatic amines is 1. The van der Waals surface area contributed by atoms with Gasteiger partial charge in [-0.2, -0.15) is 0 Å². The highest BCUT2D eigenvalue weighted by molar-refractivity contribution is 6.05. The van der Waals surface area contributed by atoms with Crippen molar-refractivity contribution in [1.82, 2.24) is 15.0 Å². The molecule has 5 N–H and O–H groups in total. The van der Waals surface area contributed by atoms with Crippen molar-refractivity contribution < 1.29 is 5.48 Å². The molecule has 0 radical (unpaired) electrons. The molecule has 76 valence electrons. The predicted molar refractivity (Wildman–Crippen MR) is 59.4 cm³/mol. The van der Waals surface area contributed by atoms with Gasteiger partial charge in [0, 0.05) is 5.39 Å². The van der Waals surface area contributed by atoms with Crippen molar-refractivity contribution in [3.63, 3.8) is 0 Å². The van der Waals surface area contributed by atoms with E-state index >= 15 is 0 Å². The number of rotatable bonds is 0. The molecule has 0 atom stereocenters. The lowest BCUT2D eigenvalue weighted by Crippen LogP contribution is -1.89. The molecule has 0 bridgehead atoms. The summed E-state index contributed by atoms with van der Waals surface area (Å²) in [7, 11) is 0. The van der Waals surface area contributed by atoms with Gasteiger partial charge < -0.3 is 16.2 Å². The van der Waals surface area contributed by atoms with E-state index in [2.05, 4.69) is 15.0 Å². The molecule has 2 aromatic heterocycles. The second kappa shape index (κ2) is 3.21. The number of nitrogens with two attached hydrogens (primary N) is 1. The SMILES string of the molecule is Nc1cccc2c1ncc1[nH]cnc12.O. The molecule has 2 heterocycles. The normalized spacial score (nSPS) is 10.4. The van der Waals surface area contributed by atoms with Gasteiger partial charge in [0.1, 0.15) is 0 Å². The highest BCUT2D eigenvalue weighted by atomic mass is 16.0. The van der Waals surface area contributed by atoms with E-state index in [-0.39, 0.29) is 5.48 Å². The van der Waals surface area contributed by atoms with E-state index in [1.54, 1.807) is 12.5 Å². The number of nitrogens with one attached hydrogen (secondary N) is 1. The first kappa shape index (κ1) is 9.42. The Bertz CT molecular complexity index is 617. The Labute approximate surface area is 85.3 Å². The Balaban J connectivity index is 0.000000853. The first-order valence-corrected chi connectivity index (χ1v) is 4.32. The van der Waals surface area contributed by atoms with Gasteiger partial charge in [-0.15, -0.1) is 0 Å². The molecule has 3 aromatic rings. The molecular weight excluding hydrogens is 192 g/mol. The zero-order valence-corrected chi connectivity index (χ0v) is 7.86. The Morgan fingerprint density at radius 2 is 2.00 bits per heavy atom. The molecule has 0 unspecified atom stereocenters. The number of H-pyrrole nitrogens is 1. The van der Waals surface area contributed by atoms with Crippen LogP contribution in [0.4, 0.5) is 5.69 Å². The molecule has 0 spiro atoms. The Hall–Kier alpha value is -2.14. The topological polar surface area (TPSA) is 99.1 Å². The van der Waals surface area contributed by atoms with Gasteiger partial charge in [-0.05, 0) is 6.07 Å². The van der Waals surface area contributed by atoms with Gasteiger partial charge in [0.2, 0.25) is 0 Å². The van der Waals surface area contributed by atoms with Crippen LogP contribution in [-0.2, 0) is 0 Å². The second-order valence-electron chi connectivity index (χ2n) is 3.17. The zero-order chi connectivity index (χ0) is 9.54. The molecule has 0 saturated carbocycles. The predicted octanol–water partition coefficient (Wildman–Crippen LogP) is 0.869. The van der Waals surface area contributed by atoms with Crippen molar-refractivity contribution in [3.05, 3.63) is 30.7 Å². The quantitative estimate of drug-likeness (QED) is 0.529. The van der Waals surface area contributed by atoms with Crippen LogP contribution in [-0.4, -0.2) is 20.4 Å². The maximum absolute atomic E-state index is 5.82. The van der Waals surface area contributed by atoms with E-state index in [4.69, 9.17) is 5.73 Å². The van der Waals surface area contributed by atoms with Gasteiger partial charge in [0.15, 0.2) is 0 Å². The number of hydrogen-bond acceptors (Lipinski definition) is 3. The molecule has 0 saturated heterocycles. The standard InChI is InChI=1S/C10H8N4.H2O/c11-7-3-1-2-6-9(7)12-4-8-10(6)14-5-13-8;/h1-5H,11H2,(H,13,14);1H2. The molecular formula is C10H10N4O. The lowest BCUT2D eigenvalue weighted by molar-refractivity contribution is 0.824.